The minimum absolute atomic E-state index is 0.0511. The van der Waals surface area contributed by atoms with Crippen LogP contribution in [-0.4, -0.2) is 0 Å². The summed E-state index contributed by atoms with van der Waals surface area (Å²) in [4.78, 5) is 11.6. The Labute approximate surface area is 123 Å². The number of ether oxygens (including phenoxy) is 1. The fourth-order valence-electron chi connectivity index (χ4n) is 1.95. The molecule has 0 bridgehead atoms. The van der Waals surface area contributed by atoms with Crippen molar-refractivity contribution < 1.29 is 9.15 Å². The first-order valence-corrected chi connectivity index (χ1v) is 6.90. The van der Waals surface area contributed by atoms with Crippen LogP contribution in [0.3, 0.4) is 0 Å². The Balaban J connectivity index is 1.83. The fraction of sp³-hybridized carbons (Fsp3) is 0.0625. The SMILES string of the molecule is O=c1ccoc2cc(OCc3cccc(Br)c3)ccc12. The van der Waals surface area contributed by atoms with Crippen LogP contribution >= 0.6 is 15.9 Å². The number of benzene rings is 2. The van der Waals surface area contributed by atoms with Crippen molar-refractivity contribution in [3.05, 3.63) is 75.1 Å². The average Bonchev–Trinajstić information content (AvgIpc) is 2.45. The first-order chi connectivity index (χ1) is 9.72. The maximum absolute atomic E-state index is 11.6. The molecule has 1 aromatic heterocycles. The van der Waals surface area contributed by atoms with Crippen LogP contribution in [0.15, 0.2) is 68.5 Å². The van der Waals surface area contributed by atoms with Crippen molar-refractivity contribution in [3.63, 3.8) is 0 Å². The largest absolute Gasteiger partial charge is 0.489 e. The van der Waals surface area contributed by atoms with Gasteiger partial charge in [0.2, 0.25) is 0 Å². The monoisotopic (exact) mass is 330 g/mol. The molecule has 3 rings (SSSR count). The molecule has 0 radical (unpaired) electrons. The minimum Gasteiger partial charge on any atom is -0.489 e. The normalized spacial score (nSPS) is 10.7. The van der Waals surface area contributed by atoms with E-state index in [0.717, 1.165) is 10.0 Å². The lowest BCUT2D eigenvalue weighted by atomic mass is 10.2. The van der Waals surface area contributed by atoms with Gasteiger partial charge in [-0.2, -0.15) is 0 Å². The molecule has 2 aromatic carbocycles. The first-order valence-electron chi connectivity index (χ1n) is 6.11. The van der Waals surface area contributed by atoms with Crippen molar-refractivity contribution in [2.45, 2.75) is 6.61 Å². The van der Waals surface area contributed by atoms with E-state index >= 15 is 0 Å². The van der Waals surface area contributed by atoms with Gasteiger partial charge in [-0.05, 0) is 29.8 Å². The van der Waals surface area contributed by atoms with Crippen LogP contribution in [0.4, 0.5) is 0 Å². The van der Waals surface area contributed by atoms with Crippen molar-refractivity contribution in [2.75, 3.05) is 0 Å². The molecule has 0 aliphatic heterocycles. The van der Waals surface area contributed by atoms with Gasteiger partial charge in [-0.25, -0.2) is 0 Å². The van der Waals surface area contributed by atoms with E-state index in [0.29, 0.717) is 23.3 Å². The Hall–Kier alpha value is -2.07. The van der Waals surface area contributed by atoms with Gasteiger partial charge in [0.25, 0.3) is 0 Å². The number of fused-ring (bicyclic) bond motifs is 1. The van der Waals surface area contributed by atoms with Crippen LogP contribution in [0.5, 0.6) is 5.75 Å². The van der Waals surface area contributed by atoms with E-state index in [2.05, 4.69) is 15.9 Å². The third-order valence-electron chi connectivity index (χ3n) is 2.93. The number of rotatable bonds is 3. The number of hydrogen-bond donors (Lipinski definition) is 0. The molecule has 0 unspecified atom stereocenters. The molecule has 1 heterocycles. The van der Waals surface area contributed by atoms with E-state index in [9.17, 15) is 4.79 Å². The molecule has 0 aliphatic carbocycles. The van der Waals surface area contributed by atoms with Crippen LogP contribution in [0.1, 0.15) is 5.56 Å². The summed E-state index contributed by atoms with van der Waals surface area (Å²) in [5.41, 5.74) is 1.54. The third kappa shape index (κ3) is 2.75. The molecule has 4 heteroatoms. The van der Waals surface area contributed by atoms with E-state index in [1.54, 1.807) is 18.2 Å². The topological polar surface area (TPSA) is 39.4 Å². The number of halogens is 1. The van der Waals surface area contributed by atoms with E-state index in [1.165, 1.54) is 12.3 Å². The molecule has 0 saturated heterocycles. The molecular formula is C16H11BrO3. The lowest BCUT2D eigenvalue weighted by Gasteiger charge is -2.07. The molecule has 3 aromatic rings. The second kappa shape index (κ2) is 5.51. The predicted octanol–water partition coefficient (Wildman–Crippen LogP) is 4.13. The highest BCUT2D eigenvalue weighted by Gasteiger charge is 2.03. The summed E-state index contributed by atoms with van der Waals surface area (Å²) in [6.07, 6.45) is 1.39. The number of hydrogen-bond acceptors (Lipinski definition) is 3. The molecule has 0 atom stereocenters. The Morgan fingerprint density at radius 3 is 2.85 bits per heavy atom. The molecule has 0 saturated carbocycles. The van der Waals surface area contributed by atoms with Crippen molar-refractivity contribution in [2.24, 2.45) is 0 Å². The van der Waals surface area contributed by atoms with Crippen LogP contribution in [0.2, 0.25) is 0 Å². The fourth-order valence-corrected chi connectivity index (χ4v) is 2.39. The van der Waals surface area contributed by atoms with Gasteiger partial charge in [-0.15, -0.1) is 0 Å². The van der Waals surface area contributed by atoms with Crippen LogP contribution < -0.4 is 10.2 Å². The molecule has 0 aliphatic rings. The molecule has 20 heavy (non-hydrogen) atoms. The smallest absolute Gasteiger partial charge is 0.192 e. The van der Waals surface area contributed by atoms with E-state index < -0.39 is 0 Å². The molecular weight excluding hydrogens is 320 g/mol. The van der Waals surface area contributed by atoms with E-state index in [-0.39, 0.29) is 5.43 Å². The molecule has 100 valence electrons. The summed E-state index contributed by atoms with van der Waals surface area (Å²) >= 11 is 3.42. The van der Waals surface area contributed by atoms with Gasteiger partial charge in [0.15, 0.2) is 5.43 Å². The minimum atomic E-state index is -0.0511. The van der Waals surface area contributed by atoms with Crippen molar-refractivity contribution >= 4 is 26.9 Å². The first kappa shape index (κ1) is 12.9. The van der Waals surface area contributed by atoms with E-state index in [1.807, 2.05) is 24.3 Å². The van der Waals surface area contributed by atoms with Crippen molar-refractivity contribution in [3.8, 4) is 5.75 Å². The van der Waals surface area contributed by atoms with Gasteiger partial charge in [-0.1, -0.05) is 28.1 Å². The van der Waals surface area contributed by atoms with Crippen LogP contribution in [0, 0.1) is 0 Å². The summed E-state index contributed by atoms with van der Waals surface area (Å²) in [5, 5.41) is 0.558. The molecule has 3 nitrogen and oxygen atoms in total. The highest BCUT2D eigenvalue weighted by molar-refractivity contribution is 9.10. The van der Waals surface area contributed by atoms with Gasteiger partial charge >= 0.3 is 0 Å². The zero-order valence-electron chi connectivity index (χ0n) is 10.5. The second-order valence-electron chi connectivity index (χ2n) is 4.36. The van der Waals surface area contributed by atoms with Gasteiger partial charge in [0.05, 0.1) is 11.6 Å². The zero-order chi connectivity index (χ0) is 13.9. The third-order valence-corrected chi connectivity index (χ3v) is 3.42. The Kier molecular flexibility index (Phi) is 3.56. The Bertz CT molecular complexity index is 808. The van der Waals surface area contributed by atoms with Crippen molar-refractivity contribution in [1.82, 2.24) is 0 Å². The standard InChI is InChI=1S/C16H11BrO3/c17-12-3-1-2-11(8-12)10-20-13-4-5-14-15(18)6-7-19-16(14)9-13/h1-9H,10H2. The van der Waals surface area contributed by atoms with Crippen LogP contribution in [-0.2, 0) is 6.61 Å². The molecule has 0 N–H and O–H groups in total. The maximum Gasteiger partial charge on any atom is 0.192 e. The Morgan fingerprint density at radius 2 is 2.00 bits per heavy atom. The van der Waals surface area contributed by atoms with Crippen molar-refractivity contribution in [1.29, 1.82) is 0 Å². The predicted molar refractivity (Wildman–Crippen MR) is 81.0 cm³/mol. The van der Waals surface area contributed by atoms with Gasteiger partial charge in [0, 0.05) is 16.6 Å². The summed E-state index contributed by atoms with van der Waals surface area (Å²) in [6, 6.07) is 14.6. The highest BCUT2D eigenvalue weighted by Crippen LogP contribution is 2.20. The van der Waals surface area contributed by atoms with Gasteiger partial charge in [-0.3, -0.25) is 4.79 Å². The maximum atomic E-state index is 11.6. The highest BCUT2D eigenvalue weighted by atomic mass is 79.9. The summed E-state index contributed by atoms with van der Waals surface area (Å²) in [5.74, 6) is 0.673. The lowest BCUT2D eigenvalue weighted by Crippen LogP contribution is -1.99. The Morgan fingerprint density at radius 1 is 1.10 bits per heavy atom. The van der Waals surface area contributed by atoms with Crippen LogP contribution in [0.25, 0.3) is 11.0 Å². The summed E-state index contributed by atoms with van der Waals surface area (Å²) in [7, 11) is 0. The molecule has 0 amide bonds. The second-order valence-corrected chi connectivity index (χ2v) is 5.28. The van der Waals surface area contributed by atoms with Gasteiger partial charge in [0.1, 0.15) is 17.9 Å². The summed E-state index contributed by atoms with van der Waals surface area (Å²) < 4.78 is 12.0. The lowest BCUT2D eigenvalue weighted by molar-refractivity contribution is 0.306. The molecule has 0 fully saturated rings. The van der Waals surface area contributed by atoms with Gasteiger partial charge < -0.3 is 9.15 Å². The summed E-state index contributed by atoms with van der Waals surface area (Å²) in [6.45, 7) is 0.460. The average molecular weight is 331 g/mol. The quantitative estimate of drug-likeness (QED) is 0.724. The van der Waals surface area contributed by atoms with E-state index in [4.69, 9.17) is 9.15 Å². The zero-order valence-corrected chi connectivity index (χ0v) is 12.1. The molecule has 0 spiro atoms.